The molecule has 0 atom stereocenters. The van der Waals surface area contributed by atoms with Crippen molar-refractivity contribution < 1.29 is 19.2 Å². The molecule has 6 heteroatoms. The third-order valence-corrected chi connectivity index (χ3v) is 0. The standard InChI is InChI=1S/Mg.H3O4P/c;1-5(2,3)4/h;(H3,1,2,3,4)/q+2;. The normalized spacial score (nSPS) is 9.83. The van der Waals surface area contributed by atoms with Gasteiger partial charge in [0, 0.05) is 0 Å². The SMILES string of the molecule is O=P(O)(O)O.[Mg+2]. The van der Waals surface area contributed by atoms with Crippen molar-refractivity contribution in [3.63, 3.8) is 0 Å². The first-order valence-corrected chi connectivity index (χ1v) is 2.35. The van der Waals surface area contributed by atoms with Gasteiger partial charge in [-0.2, -0.15) is 0 Å². The van der Waals surface area contributed by atoms with Crippen molar-refractivity contribution in [2.75, 3.05) is 0 Å². The van der Waals surface area contributed by atoms with Crippen LogP contribution in [-0.4, -0.2) is 37.7 Å². The third-order valence-electron chi connectivity index (χ3n) is 0. The van der Waals surface area contributed by atoms with E-state index in [9.17, 15) is 0 Å². The quantitative estimate of drug-likeness (QED) is 0.275. The Bertz CT molecular complexity index is 53.7. The Morgan fingerprint density at radius 1 is 1.17 bits per heavy atom. The zero-order valence-corrected chi connectivity index (χ0v) is 5.21. The summed E-state index contributed by atoms with van der Waals surface area (Å²) in [4.78, 5) is 21.6. The van der Waals surface area contributed by atoms with E-state index in [1.807, 2.05) is 0 Å². The van der Waals surface area contributed by atoms with Crippen LogP contribution in [0.2, 0.25) is 0 Å². The second-order valence-electron chi connectivity index (χ2n) is 0.513. The van der Waals surface area contributed by atoms with E-state index in [0.29, 0.717) is 0 Å². The van der Waals surface area contributed by atoms with Gasteiger partial charge in [-0.25, -0.2) is 4.57 Å². The van der Waals surface area contributed by atoms with Crippen LogP contribution in [0.5, 0.6) is 0 Å². The van der Waals surface area contributed by atoms with Gasteiger partial charge in [0.05, 0.1) is 0 Å². The summed E-state index contributed by atoms with van der Waals surface area (Å²) < 4.78 is 8.88. The minimum atomic E-state index is -4.64. The molecule has 0 aromatic carbocycles. The van der Waals surface area contributed by atoms with Gasteiger partial charge in [-0.05, 0) is 0 Å². The molecular formula is H3MgO4P+2. The van der Waals surface area contributed by atoms with E-state index >= 15 is 0 Å². The fraction of sp³-hybridized carbons (Fsp3) is 0. The van der Waals surface area contributed by atoms with Crippen LogP contribution in [0, 0.1) is 0 Å². The summed E-state index contributed by atoms with van der Waals surface area (Å²) in [7, 11) is -4.64. The molecule has 0 aromatic rings. The number of hydrogen-bond acceptors (Lipinski definition) is 1. The minimum Gasteiger partial charge on any atom is -0.303 e. The molecule has 0 aliphatic rings. The molecule has 0 fully saturated rings. The average molecular weight is 122 g/mol. The third kappa shape index (κ3) is 95.4. The zero-order chi connectivity index (χ0) is 4.50. The Balaban J connectivity index is 0. The molecule has 0 radical (unpaired) electrons. The van der Waals surface area contributed by atoms with Gasteiger partial charge in [-0.1, -0.05) is 0 Å². The molecule has 4 nitrogen and oxygen atoms in total. The Morgan fingerprint density at radius 3 is 1.17 bits per heavy atom. The molecular weight excluding hydrogens is 119 g/mol. The van der Waals surface area contributed by atoms with Crippen LogP contribution in [0.3, 0.4) is 0 Å². The first-order valence-electron chi connectivity index (χ1n) is 0.783. The zero-order valence-electron chi connectivity index (χ0n) is 2.90. The predicted molar refractivity (Wildman–Crippen MR) is 20.0 cm³/mol. The van der Waals surface area contributed by atoms with Crippen molar-refractivity contribution in [2.24, 2.45) is 0 Å². The fourth-order valence-electron chi connectivity index (χ4n) is 0. The van der Waals surface area contributed by atoms with Crippen molar-refractivity contribution in [1.29, 1.82) is 0 Å². The molecule has 32 valence electrons. The molecule has 3 N–H and O–H groups in total. The van der Waals surface area contributed by atoms with E-state index in [4.69, 9.17) is 19.2 Å². The van der Waals surface area contributed by atoms with Crippen LogP contribution in [0.4, 0.5) is 0 Å². The van der Waals surface area contributed by atoms with Crippen LogP contribution in [-0.2, 0) is 4.57 Å². The van der Waals surface area contributed by atoms with Crippen molar-refractivity contribution >= 4 is 30.9 Å². The van der Waals surface area contributed by atoms with Crippen molar-refractivity contribution in [3.8, 4) is 0 Å². The van der Waals surface area contributed by atoms with Crippen molar-refractivity contribution in [2.45, 2.75) is 0 Å². The van der Waals surface area contributed by atoms with Crippen LogP contribution >= 0.6 is 7.82 Å². The van der Waals surface area contributed by atoms with Crippen LogP contribution in [0.1, 0.15) is 0 Å². The van der Waals surface area contributed by atoms with Crippen LogP contribution in [0.15, 0.2) is 0 Å². The van der Waals surface area contributed by atoms with Gasteiger partial charge >= 0.3 is 30.9 Å². The van der Waals surface area contributed by atoms with Crippen molar-refractivity contribution in [3.05, 3.63) is 0 Å². The van der Waals surface area contributed by atoms with Gasteiger partial charge in [-0.15, -0.1) is 0 Å². The molecule has 6 heavy (non-hydrogen) atoms. The topological polar surface area (TPSA) is 77.8 Å². The Morgan fingerprint density at radius 2 is 1.17 bits per heavy atom. The van der Waals surface area contributed by atoms with Gasteiger partial charge in [0.2, 0.25) is 0 Å². The predicted octanol–water partition coefficient (Wildman–Crippen LogP) is -1.31. The van der Waals surface area contributed by atoms with Gasteiger partial charge in [0.15, 0.2) is 0 Å². The van der Waals surface area contributed by atoms with Crippen LogP contribution in [0.25, 0.3) is 0 Å². The molecule has 0 amide bonds. The summed E-state index contributed by atoms with van der Waals surface area (Å²) in [6, 6.07) is 0. The summed E-state index contributed by atoms with van der Waals surface area (Å²) in [5.41, 5.74) is 0. The Labute approximate surface area is 50.6 Å². The number of phosphoric acid groups is 1. The monoisotopic (exact) mass is 122 g/mol. The summed E-state index contributed by atoms with van der Waals surface area (Å²) >= 11 is 0. The van der Waals surface area contributed by atoms with Gasteiger partial charge < -0.3 is 14.7 Å². The summed E-state index contributed by atoms with van der Waals surface area (Å²) in [6.07, 6.45) is 0. The molecule has 0 aromatic heterocycles. The molecule has 0 aliphatic carbocycles. The summed E-state index contributed by atoms with van der Waals surface area (Å²) in [5.74, 6) is 0. The van der Waals surface area contributed by atoms with Crippen LogP contribution < -0.4 is 0 Å². The molecule has 0 aliphatic heterocycles. The average Bonchev–Trinajstić information content (AvgIpc) is 0.722. The van der Waals surface area contributed by atoms with Crippen molar-refractivity contribution in [1.82, 2.24) is 0 Å². The van der Waals surface area contributed by atoms with Gasteiger partial charge in [0.1, 0.15) is 0 Å². The molecule has 0 saturated heterocycles. The van der Waals surface area contributed by atoms with Gasteiger partial charge in [-0.3, -0.25) is 0 Å². The minimum absolute atomic E-state index is 0. The molecule has 0 heterocycles. The summed E-state index contributed by atoms with van der Waals surface area (Å²) in [5, 5.41) is 0. The number of rotatable bonds is 0. The largest absolute Gasteiger partial charge is 2.00 e. The summed E-state index contributed by atoms with van der Waals surface area (Å²) in [6.45, 7) is 0. The smallest absolute Gasteiger partial charge is 0.303 e. The fourth-order valence-corrected chi connectivity index (χ4v) is 0. The maximum absolute atomic E-state index is 8.88. The first kappa shape index (κ1) is 9.99. The van der Waals surface area contributed by atoms with Gasteiger partial charge in [0.25, 0.3) is 0 Å². The maximum Gasteiger partial charge on any atom is 2.00 e. The first-order chi connectivity index (χ1) is 2.00. The Kier molecular flexibility index (Phi) is 4.92. The molecule has 0 bridgehead atoms. The second kappa shape index (κ2) is 2.96. The molecule has 0 unspecified atom stereocenters. The molecule has 0 spiro atoms. The van der Waals surface area contributed by atoms with E-state index in [1.54, 1.807) is 0 Å². The van der Waals surface area contributed by atoms with E-state index in [-0.39, 0.29) is 23.1 Å². The maximum atomic E-state index is 8.88. The van der Waals surface area contributed by atoms with E-state index in [2.05, 4.69) is 0 Å². The van der Waals surface area contributed by atoms with E-state index in [0.717, 1.165) is 0 Å². The van der Waals surface area contributed by atoms with E-state index in [1.165, 1.54) is 0 Å². The molecule has 0 rings (SSSR count). The second-order valence-corrected chi connectivity index (χ2v) is 1.54. The van der Waals surface area contributed by atoms with E-state index < -0.39 is 7.82 Å². The molecule has 0 saturated carbocycles. The number of hydrogen-bond donors (Lipinski definition) is 3. The Hall–Kier alpha value is 0.876.